The van der Waals surface area contributed by atoms with E-state index in [-0.39, 0.29) is 11.8 Å². The van der Waals surface area contributed by atoms with Crippen molar-refractivity contribution < 1.29 is 9.59 Å². The monoisotopic (exact) mass is 394 g/mol. The molecule has 4 nitrogen and oxygen atoms in total. The maximum absolute atomic E-state index is 12.8. The molecule has 1 saturated heterocycles. The van der Waals surface area contributed by atoms with E-state index in [2.05, 4.69) is 11.8 Å². The second kappa shape index (κ2) is 9.11. The number of benzene rings is 3. The first-order chi connectivity index (χ1) is 14.7. The average molecular weight is 394 g/mol. The van der Waals surface area contributed by atoms with Crippen LogP contribution in [-0.2, 0) is 0 Å². The third-order valence-electron chi connectivity index (χ3n) is 5.13. The zero-order chi connectivity index (χ0) is 20.8. The topological polar surface area (TPSA) is 40.6 Å². The number of rotatable bonds is 2. The van der Waals surface area contributed by atoms with Crippen molar-refractivity contribution in [3.8, 4) is 11.8 Å². The van der Waals surface area contributed by atoms with Gasteiger partial charge in [-0.25, -0.2) is 0 Å². The van der Waals surface area contributed by atoms with Gasteiger partial charge in [0.1, 0.15) is 0 Å². The fourth-order valence-corrected chi connectivity index (χ4v) is 3.42. The van der Waals surface area contributed by atoms with Crippen LogP contribution in [0.5, 0.6) is 0 Å². The first-order valence-electron chi connectivity index (χ1n) is 10.0. The molecule has 3 aromatic carbocycles. The Hall–Kier alpha value is -3.84. The molecule has 0 unspecified atom stereocenters. The molecule has 3 aromatic rings. The zero-order valence-corrected chi connectivity index (χ0v) is 16.6. The molecule has 0 radical (unpaired) electrons. The maximum Gasteiger partial charge on any atom is 0.253 e. The molecule has 1 heterocycles. The number of amides is 2. The van der Waals surface area contributed by atoms with Crippen LogP contribution >= 0.6 is 0 Å². The molecule has 0 bridgehead atoms. The van der Waals surface area contributed by atoms with Crippen LogP contribution < -0.4 is 0 Å². The van der Waals surface area contributed by atoms with Crippen molar-refractivity contribution >= 4 is 11.8 Å². The molecule has 0 saturated carbocycles. The molecule has 30 heavy (non-hydrogen) atoms. The Labute approximate surface area is 176 Å². The zero-order valence-electron chi connectivity index (χ0n) is 16.6. The second-order valence-corrected chi connectivity index (χ2v) is 7.14. The van der Waals surface area contributed by atoms with Gasteiger partial charge in [0, 0.05) is 48.4 Å². The predicted octanol–water partition coefficient (Wildman–Crippen LogP) is 3.68. The SMILES string of the molecule is O=C(c1ccccc1)N1CCN(C(=O)c2ccc(C#Cc3ccccc3)cc2)CC1. The third kappa shape index (κ3) is 4.59. The Morgan fingerprint density at radius 3 is 1.43 bits per heavy atom. The van der Waals surface area contributed by atoms with E-state index in [1.54, 1.807) is 9.80 Å². The molecular weight excluding hydrogens is 372 g/mol. The van der Waals surface area contributed by atoms with Gasteiger partial charge in [-0.05, 0) is 48.5 Å². The normalized spacial score (nSPS) is 13.3. The number of hydrogen-bond acceptors (Lipinski definition) is 2. The lowest BCUT2D eigenvalue weighted by molar-refractivity contribution is 0.0535. The summed E-state index contributed by atoms with van der Waals surface area (Å²) in [6.07, 6.45) is 0. The fraction of sp³-hybridized carbons (Fsp3) is 0.154. The van der Waals surface area contributed by atoms with E-state index in [4.69, 9.17) is 0 Å². The molecular formula is C26H22N2O2. The summed E-state index contributed by atoms with van der Waals surface area (Å²) in [5.41, 5.74) is 3.15. The van der Waals surface area contributed by atoms with Crippen molar-refractivity contribution in [3.63, 3.8) is 0 Å². The molecule has 0 aliphatic carbocycles. The van der Waals surface area contributed by atoms with Crippen LogP contribution in [0, 0.1) is 11.8 Å². The molecule has 4 rings (SSSR count). The summed E-state index contributed by atoms with van der Waals surface area (Å²) < 4.78 is 0. The summed E-state index contributed by atoms with van der Waals surface area (Å²) >= 11 is 0. The first kappa shape index (κ1) is 19.5. The lowest BCUT2D eigenvalue weighted by atomic mass is 10.1. The Bertz CT molecular complexity index is 1070. The average Bonchev–Trinajstić information content (AvgIpc) is 2.83. The number of carbonyl (C=O) groups excluding carboxylic acids is 2. The molecule has 1 aliphatic heterocycles. The summed E-state index contributed by atoms with van der Waals surface area (Å²) in [7, 11) is 0. The minimum atomic E-state index is -0.00983. The van der Waals surface area contributed by atoms with E-state index >= 15 is 0 Å². The predicted molar refractivity (Wildman–Crippen MR) is 117 cm³/mol. The van der Waals surface area contributed by atoms with Crippen LogP contribution in [-0.4, -0.2) is 47.8 Å². The van der Waals surface area contributed by atoms with E-state index in [0.29, 0.717) is 37.3 Å². The summed E-state index contributed by atoms with van der Waals surface area (Å²) in [4.78, 5) is 29.0. The number of carbonyl (C=O) groups is 2. The van der Waals surface area contributed by atoms with Crippen LogP contribution in [0.3, 0.4) is 0 Å². The quantitative estimate of drug-likeness (QED) is 0.622. The Kier molecular flexibility index (Phi) is 5.91. The number of piperazine rings is 1. The Morgan fingerprint density at radius 2 is 0.933 bits per heavy atom. The lowest BCUT2D eigenvalue weighted by Crippen LogP contribution is -2.50. The second-order valence-electron chi connectivity index (χ2n) is 7.14. The highest BCUT2D eigenvalue weighted by Crippen LogP contribution is 2.13. The van der Waals surface area contributed by atoms with Crippen LogP contribution in [0.25, 0.3) is 0 Å². The van der Waals surface area contributed by atoms with Gasteiger partial charge in [-0.15, -0.1) is 0 Å². The van der Waals surface area contributed by atoms with Gasteiger partial charge in [0.15, 0.2) is 0 Å². The molecule has 148 valence electrons. The molecule has 4 heteroatoms. The van der Waals surface area contributed by atoms with Crippen molar-refractivity contribution in [2.45, 2.75) is 0 Å². The van der Waals surface area contributed by atoms with Gasteiger partial charge in [-0.2, -0.15) is 0 Å². The molecule has 1 fully saturated rings. The van der Waals surface area contributed by atoms with Crippen LogP contribution in [0.4, 0.5) is 0 Å². The summed E-state index contributed by atoms with van der Waals surface area (Å²) in [6.45, 7) is 2.15. The lowest BCUT2D eigenvalue weighted by Gasteiger charge is -2.34. The van der Waals surface area contributed by atoms with Crippen LogP contribution in [0.15, 0.2) is 84.9 Å². The van der Waals surface area contributed by atoms with E-state index in [9.17, 15) is 9.59 Å². The molecule has 1 aliphatic rings. The largest absolute Gasteiger partial charge is 0.335 e. The number of nitrogens with zero attached hydrogens (tertiary/aromatic N) is 2. The van der Waals surface area contributed by atoms with Gasteiger partial charge in [0.05, 0.1) is 0 Å². The van der Waals surface area contributed by atoms with Crippen LogP contribution in [0.1, 0.15) is 31.8 Å². The van der Waals surface area contributed by atoms with Crippen molar-refractivity contribution in [2.24, 2.45) is 0 Å². The summed E-state index contributed by atoms with van der Waals surface area (Å²) in [5.74, 6) is 6.25. The standard InChI is InChI=1S/C26H22N2O2/c29-25(23-9-5-2-6-10-23)27-17-19-28(20-18-27)26(30)24-15-13-22(14-16-24)12-11-21-7-3-1-4-8-21/h1-10,13-16H,17-20H2. The molecule has 0 atom stereocenters. The van der Waals surface area contributed by atoms with Gasteiger partial charge in [-0.3, -0.25) is 9.59 Å². The maximum atomic E-state index is 12.8. The van der Waals surface area contributed by atoms with Gasteiger partial charge >= 0.3 is 0 Å². The third-order valence-corrected chi connectivity index (χ3v) is 5.13. The van der Waals surface area contributed by atoms with Gasteiger partial charge in [-0.1, -0.05) is 48.2 Å². The van der Waals surface area contributed by atoms with Crippen molar-refractivity contribution in [1.82, 2.24) is 9.80 Å². The van der Waals surface area contributed by atoms with Gasteiger partial charge in [0.25, 0.3) is 11.8 Å². The minimum Gasteiger partial charge on any atom is -0.335 e. The molecule has 2 amide bonds. The number of hydrogen-bond donors (Lipinski definition) is 0. The molecule has 0 spiro atoms. The van der Waals surface area contributed by atoms with E-state index in [0.717, 1.165) is 11.1 Å². The smallest absolute Gasteiger partial charge is 0.253 e. The fourth-order valence-electron chi connectivity index (χ4n) is 3.42. The summed E-state index contributed by atoms with van der Waals surface area (Å²) in [5, 5.41) is 0. The van der Waals surface area contributed by atoms with Crippen LogP contribution in [0.2, 0.25) is 0 Å². The van der Waals surface area contributed by atoms with Gasteiger partial charge < -0.3 is 9.80 Å². The highest BCUT2D eigenvalue weighted by Gasteiger charge is 2.25. The Balaban J connectivity index is 1.35. The first-order valence-corrected chi connectivity index (χ1v) is 10.0. The van der Waals surface area contributed by atoms with Crippen molar-refractivity contribution in [1.29, 1.82) is 0 Å². The van der Waals surface area contributed by atoms with Crippen molar-refractivity contribution in [3.05, 3.63) is 107 Å². The van der Waals surface area contributed by atoms with Crippen molar-refractivity contribution in [2.75, 3.05) is 26.2 Å². The van der Waals surface area contributed by atoms with E-state index < -0.39 is 0 Å². The van der Waals surface area contributed by atoms with E-state index in [1.807, 2.05) is 84.9 Å². The summed E-state index contributed by atoms with van der Waals surface area (Å²) in [6, 6.07) is 26.5. The molecule has 0 N–H and O–H groups in total. The Morgan fingerprint density at radius 1 is 0.533 bits per heavy atom. The molecule has 0 aromatic heterocycles. The minimum absolute atomic E-state index is 0.00983. The van der Waals surface area contributed by atoms with Gasteiger partial charge in [0.2, 0.25) is 0 Å². The highest BCUT2D eigenvalue weighted by molar-refractivity contribution is 5.96. The highest BCUT2D eigenvalue weighted by atomic mass is 16.2. The van der Waals surface area contributed by atoms with E-state index in [1.165, 1.54) is 0 Å².